The number of likely N-dealkylation sites (tertiary alicyclic amines) is 2. The van der Waals surface area contributed by atoms with Gasteiger partial charge >= 0.3 is 6.09 Å². The van der Waals surface area contributed by atoms with Gasteiger partial charge in [0.1, 0.15) is 5.75 Å². The van der Waals surface area contributed by atoms with Crippen LogP contribution in [0.1, 0.15) is 24.8 Å². The molecule has 1 amide bonds. The van der Waals surface area contributed by atoms with E-state index < -0.39 is 6.09 Å². The van der Waals surface area contributed by atoms with Gasteiger partial charge in [0.2, 0.25) is 0 Å². The van der Waals surface area contributed by atoms with E-state index in [1.807, 2.05) is 18.2 Å². The normalized spacial score (nSPS) is 26.1. The number of ether oxygens (including phenoxy) is 1. The molecular weight excluding hydrogens is 268 g/mol. The maximum atomic E-state index is 11.1. The SMILES string of the molecule is COc1ccccc1C(C)CN1CC2CC1CN2C(=O)O. The van der Waals surface area contributed by atoms with E-state index in [4.69, 9.17) is 9.84 Å². The number of rotatable bonds is 4. The highest BCUT2D eigenvalue weighted by Crippen LogP contribution is 2.34. The summed E-state index contributed by atoms with van der Waals surface area (Å²) in [6.45, 7) is 4.67. The Morgan fingerprint density at radius 1 is 1.38 bits per heavy atom. The second-order valence-electron chi connectivity index (χ2n) is 6.08. The summed E-state index contributed by atoms with van der Waals surface area (Å²) in [6.07, 6.45) is 0.199. The lowest BCUT2D eigenvalue weighted by Gasteiger charge is -2.34. The highest BCUT2D eigenvalue weighted by Gasteiger charge is 2.45. The molecule has 2 bridgehead atoms. The first-order valence-corrected chi connectivity index (χ1v) is 7.46. The first-order chi connectivity index (χ1) is 10.1. The third kappa shape index (κ3) is 2.58. The fourth-order valence-corrected chi connectivity index (χ4v) is 3.73. The van der Waals surface area contributed by atoms with Crippen molar-refractivity contribution in [1.29, 1.82) is 0 Å². The van der Waals surface area contributed by atoms with Crippen molar-refractivity contribution in [1.82, 2.24) is 9.80 Å². The van der Waals surface area contributed by atoms with Crippen LogP contribution < -0.4 is 4.74 Å². The molecule has 0 radical (unpaired) electrons. The second kappa shape index (κ2) is 5.56. The molecule has 1 N–H and O–H groups in total. The van der Waals surface area contributed by atoms with Gasteiger partial charge in [-0.2, -0.15) is 0 Å². The van der Waals surface area contributed by atoms with Gasteiger partial charge in [-0.3, -0.25) is 4.90 Å². The van der Waals surface area contributed by atoms with Crippen molar-refractivity contribution in [3.63, 3.8) is 0 Å². The van der Waals surface area contributed by atoms with E-state index in [0.717, 1.165) is 25.3 Å². The van der Waals surface area contributed by atoms with Crippen molar-refractivity contribution in [3.05, 3.63) is 29.8 Å². The maximum Gasteiger partial charge on any atom is 0.407 e. The topological polar surface area (TPSA) is 53.0 Å². The average Bonchev–Trinajstić information content (AvgIpc) is 3.07. The molecule has 2 fully saturated rings. The van der Waals surface area contributed by atoms with Gasteiger partial charge in [0.05, 0.1) is 7.11 Å². The van der Waals surface area contributed by atoms with E-state index in [2.05, 4.69) is 17.9 Å². The second-order valence-corrected chi connectivity index (χ2v) is 6.08. The monoisotopic (exact) mass is 290 g/mol. The van der Waals surface area contributed by atoms with Crippen LogP contribution in [0.15, 0.2) is 24.3 Å². The molecule has 3 rings (SSSR count). The minimum atomic E-state index is -0.778. The van der Waals surface area contributed by atoms with Crippen LogP contribution in [-0.2, 0) is 0 Å². The van der Waals surface area contributed by atoms with Crippen LogP contribution in [0.5, 0.6) is 5.75 Å². The number of para-hydroxylation sites is 1. The summed E-state index contributed by atoms with van der Waals surface area (Å²) < 4.78 is 5.44. The van der Waals surface area contributed by atoms with Gasteiger partial charge in [0.15, 0.2) is 0 Å². The van der Waals surface area contributed by atoms with Gasteiger partial charge < -0.3 is 14.7 Å². The van der Waals surface area contributed by atoms with Gasteiger partial charge in [-0.15, -0.1) is 0 Å². The Labute approximate surface area is 125 Å². The van der Waals surface area contributed by atoms with Crippen LogP contribution in [0.2, 0.25) is 0 Å². The number of benzene rings is 1. The van der Waals surface area contributed by atoms with E-state index in [1.54, 1.807) is 12.0 Å². The number of nitrogens with zero attached hydrogens (tertiary/aromatic N) is 2. The summed E-state index contributed by atoms with van der Waals surface area (Å²) >= 11 is 0. The quantitative estimate of drug-likeness (QED) is 0.924. The Bertz CT molecular complexity index is 534. The number of carboxylic acid groups (broad SMARTS) is 1. The first-order valence-electron chi connectivity index (χ1n) is 7.46. The molecule has 2 aliphatic heterocycles. The van der Waals surface area contributed by atoms with E-state index in [0.29, 0.717) is 18.5 Å². The lowest BCUT2D eigenvalue weighted by atomic mass is 9.99. The zero-order chi connectivity index (χ0) is 15.0. The molecule has 1 aromatic carbocycles. The highest BCUT2D eigenvalue weighted by molar-refractivity contribution is 5.66. The molecule has 3 atom stereocenters. The maximum absolute atomic E-state index is 11.1. The standard InChI is InChI=1S/C16H22N2O3/c1-11(14-5-3-4-6-15(14)21-2)8-17-9-13-7-12(17)10-18(13)16(19)20/h3-6,11-13H,7-10H2,1-2H3,(H,19,20). The van der Waals surface area contributed by atoms with E-state index >= 15 is 0 Å². The summed E-state index contributed by atoms with van der Waals surface area (Å²) in [5.41, 5.74) is 1.22. The molecule has 5 nitrogen and oxygen atoms in total. The number of amides is 1. The van der Waals surface area contributed by atoms with Crippen LogP contribution in [0.3, 0.4) is 0 Å². The molecular formula is C16H22N2O3. The number of carbonyl (C=O) groups is 1. The Morgan fingerprint density at radius 3 is 2.76 bits per heavy atom. The molecule has 114 valence electrons. The smallest absolute Gasteiger partial charge is 0.407 e. The minimum absolute atomic E-state index is 0.178. The van der Waals surface area contributed by atoms with Crippen molar-refractivity contribution in [3.8, 4) is 5.75 Å². The zero-order valence-corrected chi connectivity index (χ0v) is 12.5. The Kier molecular flexibility index (Phi) is 3.76. The fourth-order valence-electron chi connectivity index (χ4n) is 3.73. The molecule has 0 saturated carbocycles. The lowest BCUT2D eigenvalue weighted by Crippen LogP contribution is -2.49. The van der Waals surface area contributed by atoms with Crippen LogP contribution in [0.25, 0.3) is 0 Å². The molecule has 1 aromatic rings. The predicted octanol–water partition coefficient (Wildman–Crippen LogP) is 2.24. The molecule has 2 saturated heterocycles. The van der Waals surface area contributed by atoms with Crippen LogP contribution in [0.4, 0.5) is 4.79 Å². The van der Waals surface area contributed by atoms with Crippen molar-refractivity contribution < 1.29 is 14.6 Å². The number of piperazine rings is 1. The summed E-state index contributed by atoms with van der Waals surface area (Å²) in [5.74, 6) is 1.31. The summed E-state index contributed by atoms with van der Waals surface area (Å²) in [4.78, 5) is 15.1. The van der Waals surface area contributed by atoms with Crippen LogP contribution >= 0.6 is 0 Å². The summed E-state index contributed by atoms with van der Waals surface area (Å²) in [5, 5.41) is 9.14. The molecule has 2 heterocycles. The molecule has 5 heteroatoms. The van der Waals surface area contributed by atoms with Gasteiger partial charge in [-0.05, 0) is 24.0 Å². The van der Waals surface area contributed by atoms with Crippen molar-refractivity contribution in [2.75, 3.05) is 26.7 Å². The van der Waals surface area contributed by atoms with E-state index in [-0.39, 0.29) is 6.04 Å². The predicted molar refractivity (Wildman–Crippen MR) is 79.9 cm³/mol. The largest absolute Gasteiger partial charge is 0.496 e. The van der Waals surface area contributed by atoms with Crippen molar-refractivity contribution in [2.24, 2.45) is 0 Å². The Morgan fingerprint density at radius 2 is 2.14 bits per heavy atom. The third-order valence-electron chi connectivity index (χ3n) is 4.78. The van der Waals surface area contributed by atoms with Gasteiger partial charge in [-0.25, -0.2) is 4.79 Å². The molecule has 2 aliphatic rings. The summed E-state index contributed by atoms with van der Waals surface area (Å²) in [7, 11) is 1.70. The number of hydrogen-bond donors (Lipinski definition) is 1. The summed E-state index contributed by atoms with van der Waals surface area (Å²) in [6, 6.07) is 8.68. The van der Waals surface area contributed by atoms with Gasteiger partial charge in [-0.1, -0.05) is 25.1 Å². The number of methoxy groups -OCH3 is 1. The molecule has 0 aliphatic carbocycles. The molecule has 3 unspecified atom stereocenters. The molecule has 0 aromatic heterocycles. The zero-order valence-electron chi connectivity index (χ0n) is 12.5. The third-order valence-corrected chi connectivity index (χ3v) is 4.78. The van der Waals surface area contributed by atoms with Crippen LogP contribution in [0, 0.1) is 0 Å². The number of hydrogen-bond acceptors (Lipinski definition) is 3. The van der Waals surface area contributed by atoms with E-state index in [1.165, 1.54) is 5.56 Å². The van der Waals surface area contributed by atoms with Crippen molar-refractivity contribution >= 4 is 6.09 Å². The molecule has 21 heavy (non-hydrogen) atoms. The fraction of sp³-hybridized carbons (Fsp3) is 0.562. The lowest BCUT2D eigenvalue weighted by molar-refractivity contribution is 0.101. The Balaban J connectivity index is 1.65. The van der Waals surface area contributed by atoms with E-state index in [9.17, 15) is 4.79 Å². The minimum Gasteiger partial charge on any atom is -0.496 e. The van der Waals surface area contributed by atoms with Gasteiger partial charge in [0.25, 0.3) is 0 Å². The first kappa shape index (κ1) is 14.2. The number of fused-ring (bicyclic) bond motifs is 2. The van der Waals surface area contributed by atoms with Crippen LogP contribution in [-0.4, -0.2) is 59.8 Å². The highest BCUT2D eigenvalue weighted by atomic mass is 16.5. The Hall–Kier alpha value is -1.75. The van der Waals surface area contributed by atoms with Gasteiger partial charge in [0, 0.05) is 31.7 Å². The molecule has 0 spiro atoms. The van der Waals surface area contributed by atoms with Crippen molar-refractivity contribution in [2.45, 2.75) is 31.3 Å². The average molecular weight is 290 g/mol.